The number of aliphatic hydroxyl groups is 2. The van der Waals surface area contributed by atoms with Gasteiger partial charge in [0.15, 0.2) is 11.6 Å². The van der Waals surface area contributed by atoms with Gasteiger partial charge in [-0.05, 0) is 65.9 Å². The van der Waals surface area contributed by atoms with Gasteiger partial charge in [-0.15, -0.1) is 0 Å². The molecule has 3 aromatic rings. The van der Waals surface area contributed by atoms with Gasteiger partial charge in [0.05, 0.1) is 19.3 Å². The van der Waals surface area contributed by atoms with Crippen LogP contribution in [0.3, 0.4) is 0 Å². The maximum Gasteiger partial charge on any atom is 0.266 e. The zero-order valence-corrected chi connectivity index (χ0v) is 25.9. The van der Waals surface area contributed by atoms with Crippen molar-refractivity contribution in [2.75, 3.05) is 26.9 Å². The lowest BCUT2D eigenvalue weighted by atomic mass is 9.81. The summed E-state index contributed by atoms with van der Waals surface area (Å²) in [6.07, 6.45) is 3.88. The van der Waals surface area contributed by atoms with Crippen LogP contribution in [0.4, 0.5) is 5.69 Å². The second kappa shape index (κ2) is 15.1. The molecule has 0 aromatic heterocycles. The first-order valence-electron chi connectivity index (χ1n) is 15.5. The molecule has 0 spiro atoms. The third-order valence-corrected chi connectivity index (χ3v) is 8.43. The number of rotatable bonds is 14. The van der Waals surface area contributed by atoms with Crippen molar-refractivity contribution in [3.63, 3.8) is 0 Å². The van der Waals surface area contributed by atoms with Gasteiger partial charge in [0.1, 0.15) is 11.5 Å². The fraction of sp³-hybridized carbons (Fsp3) is 0.412. The number of nitrogens with zero attached hydrogens (tertiary/aromatic N) is 4. The fourth-order valence-electron chi connectivity index (χ4n) is 5.97. The molecule has 12 nitrogen and oxygen atoms in total. The minimum Gasteiger partial charge on any atom is -0.497 e. The van der Waals surface area contributed by atoms with E-state index in [9.17, 15) is 15.4 Å². The van der Waals surface area contributed by atoms with Gasteiger partial charge in [-0.2, -0.15) is 0 Å². The second-order valence-corrected chi connectivity index (χ2v) is 11.7. The fourth-order valence-corrected chi connectivity index (χ4v) is 5.97. The highest BCUT2D eigenvalue weighted by atomic mass is 16.5. The number of azide groups is 1. The number of amides is 1. The van der Waals surface area contributed by atoms with Crippen LogP contribution in [0.5, 0.6) is 11.5 Å². The summed E-state index contributed by atoms with van der Waals surface area (Å²) in [4.78, 5) is 22.5. The summed E-state index contributed by atoms with van der Waals surface area (Å²) in [5.41, 5.74) is 14.9. The first-order valence-corrected chi connectivity index (χ1v) is 15.5. The van der Waals surface area contributed by atoms with Crippen LogP contribution in [0.15, 0.2) is 82.9 Å². The predicted molar refractivity (Wildman–Crippen MR) is 173 cm³/mol. The minimum atomic E-state index is -1.57. The number of carbonyl (C=O) groups excluding carboxylic acids is 1. The Kier molecular flexibility index (Phi) is 10.8. The lowest BCUT2D eigenvalue weighted by Crippen LogP contribution is -2.56. The summed E-state index contributed by atoms with van der Waals surface area (Å²) in [6.45, 7) is 0.597. The lowest BCUT2D eigenvalue weighted by Gasteiger charge is -2.34. The molecule has 2 aliphatic rings. The van der Waals surface area contributed by atoms with Crippen LogP contribution in [0.2, 0.25) is 0 Å². The normalized spacial score (nSPS) is 20.2. The maximum absolute atomic E-state index is 14.5. The zero-order chi connectivity index (χ0) is 32.4. The first kappa shape index (κ1) is 32.8. The molecule has 1 saturated carbocycles. The van der Waals surface area contributed by atoms with Crippen molar-refractivity contribution in [3.8, 4) is 11.5 Å². The van der Waals surface area contributed by atoms with Crippen molar-refractivity contribution < 1.29 is 29.2 Å². The van der Waals surface area contributed by atoms with Gasteiger partial charge >= 0.3 is 0 Å². The molecule has 0 saturated heterocycles. The molecule has 0 radical (unpaired) electrons. The van der Waals surface area contributed by atoms with E-state index in [0.29, 0.717) is 59.7 Å². The molecule has 12 heteroatoms. The van der Waals surface area contributed by atoms with Crippen molar-refractivity contribution in [1.29, 1.82) is 0 Å². The number of hydrogen-bond donors (Lipinski definition) is 4. The van der Waals surface area contributed by atoms with Crippen molar-refractivity contribution >= 4 is 17.5 Å². The summed E-state index contributed by atoms with van der Waals surface area (Å²) in [6, 6.07) is 21.5. The van der Waals surface area contributed by atoms with E-state index in [1.165, 1.54) is 0 Å². The highest BCUT2D eigenvalue weighted by molar-refractivity contribution is 6.01. The molecule has 4 N–H and O–H groups in total. The van der Waals surface area contributed by atoms with Crippen molar-refractivity contribution in [3.05, 3.63) is 99.9 Å². The maximum atomic E-state index is 14.5. The smallest absolute Gasteiger partial charge is 0.266 e. The molecule has 1 heterocycles. The number of methoxy groups -OCH3 is 1. The molecule has 1 aliphatic carbocycles. The number of benzene rings is 3. The Morgan fingerprint density at radius 2 is 1.87 bits per heavy atom. The topological polar surface area (TPSA) is 170 Å². The molecule has 46 heavy (non-hydrogen) atoms. The summed E-state index contributed by atoms with van der Waals surface area (Å²) in [5.74, 6) is 0.976. The monoisotopic (exact) mass is 628 g/mol. The highest BCUT2D eigenvalue weighted by Gasteiger charge is 2.54. The molecule has 242 valence electrons. The number of aliphatic imine (C=N–C) groups is 1. The molecule has 3 aromatic carbocycles. The Bertz CT molecular complexity index is 1570. The number of nitrogens with one attached hydrogen (secondary N) is 2. The minimum absolute atomic E-state index is 0.0354. The number of hydrogen-bond acceptors (Lipinski definition) is 9. The molecule has 1 fully saturated rings. The van der Waals surface area contributed by atoms with Crippen LogP contribution in [0.25, 0.3) is 10.4 Å². The zero-order valence-electron chi connectivity index (χ0n) is 25.9. The van der Waals surface area contributed by atoms with E-state index in [1.54, 1.807) is 61.7 Å². The van der Waals surface area contributed by atoms with Crippen molar-refractivity contribution in [1.82, 2.24) is 10.9 Å². The number of ether oxygens (including phenoxy) is 3. The van der Waals surface area contributed by atoms with E-state index < -0.39 is 23.2 Å². The molecule has 1 aliphatic heterocycles. The molecule has 0 bridgehead atoms. The highest BCUT2D eigenvalue weighted by Crippen LogP contribution is 2.44. The van der Waals surface area contributed by atoms with E-state index in [4.69, 9.17) is 24.3 Å². The van der Waals surface area contributed by atoms with Gasteiger partial charge in [0, 0.05) is 42.2 Å². The molecule has 5 rings (SSSR count). The third kappa shape index (κ3) is 7.60. The molecule has 1 amide bonds. The van der Waals surface area contributed by atoms with Gasteiger partial charge in [0.2, 0.25) is 5.90 Å². The van der Waals surface area contributed by atoms with Crippen LogP contribution in [0, 0.1) is 0 Å². The van der Waals surface area contributed by atoms with Gasteiger partial charge in [0.25, 0.3) is 5.91 Å². The molecular weight excluding hydrogens is 588 g/mol. The number of carbonyl (C=O) groups is 1. The van der Waals surface area contributed by atoms with Crippen LogP contribution < -0.4 is 20.3 Å². The lowest BCUT2D eigenvalue weighted by molar-refractivity contribution is -0.130. The Hall–Kier alpha value is -4.61. The van der Waals surface area contributed by atoms with E-state index in [2.05, 4.69) is 20.9 Å². The standard InChI is InChI=1S/C34H40N6O6/c1-44-28-11-7-10-25(21-28)30-34(22-26-9-3-4-12-29(26)38-40-35,32(42)39-36-23-33(43)17-5-2-6-18-33)37-31(46-30)24-13-15-27(16-14-24)45-20-8-19-41/h3-4,7,9-16,21,30,36,41,43H,2,5-6,8,17-20,22-23H2,1H3,(H,39,42)/t30-,34-/m0/s1. The quantitative estimate of drug-likeness (QED) is 0.0624. The Balaban J connectivity index is 1.56. The van der Waals surface area contributed by atoms with Gasteiger partial charge < -0.3 is 24.4 Å². The van der Waals surface area contributed by atoms with Crippen LogP contribution in [-0.4, -0.2) is 60.0 Å². The summed E-state index contributed by atoms with van der Waals surface area (Å²) < 4.78 is 17.8. The Morgan fingerprint density at radius 3 is 2.61 bits per heavy atom. The van der Waals surface area contributed by atoms with E-state index in [1.807, 2.05) is 18.2 Å². The van der Waals surface area contributed by atoms with E-state index in [-0.39, 0.29) is 25.5 Å². The van der Waals surface area contributed by atoms with Crippen LogP contribution >= 0.6 is 0 Å². The average Bonchev–Trinajstić information content (AvgIpc) is 3.47. The van der Waals surface area contributed by atoms with E-state index >= 15 is 0 Å². The first-order chi connectivity index (χ1) is 22.4. The number of hydrazine groups is 1. The third-order valence-electron chi connectivity index (χ3n) is 8.43. The van der Waals surface area contributed by atoms with Gasteiger partial charge in [-0.1, -0.05) is 60.8 Å². The van der Waals surface area contributed by atoms with E-state index in [0.717, 1.165) is 19.3 Å². The Morgan fingerprint density at radius 1 is 1.09 bits per heavy atom. The van der Waals surface area contributed by atoms with Crippen molar-refractivity contribution in [2.45, 2.75) is 62.2 Å². The molecule has 0 unspecified atom stereocenters. The summed E-state index contributed by atoms with van der Waals surface area (Å²) >= 11 is 0. The summed E-state index contributed by atoms with van der Waals surface area (Å²) in [5, 5.41) is 24.0. The largest absolute Gasteiger partial charge is 0.497 e. The predicted octanol–water partition coefficient (Wildman–Crippen LogP) is 5.21. The number of aliphatic hydroxyl groups excluding tert-OH is 1. The van der Waals surface area contributed by atoms with Crippen LogP contribution in [0.1, 0.15) is 61.3 Å². The SMILES string of the molecule is COc1cccc([C@@H]2OC(c3ccc(OCCCO)cc3)=N[C@]2(Cc2ccccc2N=[N+]=[N-])C(=O)NNCC2(O)CCCCC2)c1. The van der Waals surface area contributed by atoms with Crippen molar-refractivity contribution in [2.24, 2.45) is 10.1 Å². The van der Waals surface area contributed by atoms with Gasteiger partial charge in [-0.3, -0.25) is 10.2 Å². The molecule has 2 atom stereocenters. The molecular formula is C34H40N6O6. The van der Waals surface area contributed by atoms with Crippen LogP contribution in [-0.2, 0) is 16.0 Å². The van der Waals surface area contributed by atoms with Gasteiger partial charge in [-0.25, -0.2) is 10.4 Å². The average molecular weight is 629 g/mol. The second-order valence-electron chi connectivity index (χ2n) is 11.7. The Labute approximate surface area is 268 Å². The summed E-state index contributed by atoms with van der Waals surface area (Å²) in [7, 11) is 1.57.